The van der Waals surface area contributed by atoms with Gasteiger partial charge in [0.25, 0.3) is 5.91 Å². The molecule has 1 atom stereocenters. The lowest BCUT2D eigenvalue weighted by Gasteiger charge is -2.08. The Morgan fingerprint density at radius 2 is 2.17 bits per heavy atom. The largest absolute Gasteiger partial charge is 0.479 e. The van der Waals surface area contributed by atoms with Gasteiger partial charge in [0, 0.05) is 6.54 Å². The van der Waals surface area contributed by atoms with E-state index in [2.05, 4.69) is 10.4 Å². The second-order valence-electron chi connectivity index (χ2n) is 3.75. The van der Waals surface area contributed by atoms with E-state index in [0.29, 0.717) is 18.7 Å². The summed E-state index contributed by atoms with van der Waals surface area (Å²) in [5.74, 6) is -1.81. The van der Waals surface area contributed by atoms with Crippen LogP contribution in [0.25, 0.3) is 0 Å². The van der Waals surface area contributed by atoms with E-state index >= 15 is 0 Å². The Bertz CT molecular complexity index is 441. The van der Waals surface area contributed by atoms with Crippen molar-refractivity contribution in [2.75, 3.05) is 6.54 Å². The molecule has 0 aromatic carbocycles. The van der Waals surface area contributed by atoms with Crippen LogP contribution in [0.4, 0.5) is 0 Å². The molecule has 0 radical (unpaired) electrons. The molecular weight excluding hydrogens is 238 g/mol. The van der Waals surface area contributed by atoms with Gasteiger partial charge in [0.1, 0.15) is 5.69 Å². The summed E-state index contributed by atoms with van der Waals surface area (Å²) in [7, 11) is 0. The molecule has 0 fully saturated rings. The number of hydrogen-bond donors (Lipinski definition) is 3. The van der Waals surface area contributed by atoms with Crippen molar-refractivity contribution >= 4 is 11.9 Å². The summed E-state index contributed by atoms with van der Waals surface area (Å²) in [4.78, 5) is 22.2. The number of carbonyl (C=O) groups is 2. The molecule has 100 valence electrons. The van der Waals surface area contributed by atoms with E-state index < -0.39 is 18.0 Å². The third-order valence-electron chi connectivity index (χ3n) is 2.47. The van der Waals surface area contributed by atoms with Gasteiger partial charge in [-0.3, -0.25) is 9.48 Å². The second-order valence-corrected chi connectivity index (χ2v) is 3.75. The maximum absolute atomic E-state index is 11.8. The van der Waals surface area contributed by atoms with Crippen molar-refractivity contribution in [2.45, 2.75) is 32.9 Å². The SMILES string of the molecule is CCc1cc(C(=O)NC[C@H](O)C(=O)O)n(CC)n1. The molecule has 0 unspecified atom stereocenters. The van der Waals surface area contributed by atoms with Crippen LogP contribution in [0.1, 0.15) is 30.0 Å². The highest BCUT2D eigenvalue weighted by Crippen LogP contribution is 2.05. The minimum absolute atomic E-state index is 0.329. The lowest BCUT2D eigenvalue weighted by Crippen LogP contribution is -2.37. The van der Waals surface area contributed by atoms with E-state index in [0.717, 1.165) is 5.69 Å². The Morgan fingerprint density at radius 3 is 2.67 bits per heavy atom. The zero-order valence-corrected chi connectivity index (χ0v) is 10.4. The van der Waals surface area contributed by atoms with Crippen LogP contribution in [-0.4, -0.2) is 44.5 Å². The molecule has 0 aliphatic carbocycles. The molecule has 18 heavy (non-hydrogen) atoms. The average Bonchev–Trinajstić information content (AvgIpc) is 2.78. The fourth-order valence-corrected chi connectivity index (χ4v) is 1.43. The number of rotatable bonds is 6. The quantitative estimate of drug-likeness (QED) is 0.644. The predicted molar refractivity (Wildman–Crippen MR) is 63.3 cm³/mol. The first-order valence-corrected chi connectivity index (χ1v) is 5.75. The van der Waals surface area contributed by atoms with E-state index in [1.165, 1.54) is 0 Å². The summed E-state index contributed by atoms with van der Waals surface area (Å²) in [6, 6.07) is 1.66. The van der Waals surface area contributed by atoms with Crippen LogP contribution in [0.2, 0.25) is 0 Å². The van der Waals surface area contributed by atoms with Crippen LogP contribution in [0.15, 0.2) is 6.07 Å². The molecule has 1 amide bonds. The minimum atomic E-state index is -1.60. The van der Waals surface area contributed by atoms with Gasteiger partial charge in [-0.25, -0.2) is 4.79 Å². The van der Waals surface area contributed by atoms with Gasteiger partial charge in [0.05, 0.1) is 12.2 Å². The summed E-state index contributed by atoms with van der Waals surface area (Å²) >= 11 is 0. The lowest BCUT2D eigenvalue weighted by atomic mass is 10.3. The molecule has 0 aliphatic heterocycles. The average molecular weight is 255 g/mol. The topological polar surface area (TPSA) is 104 Å². The number of carbonyl (C=O) groups excluding carboxylic acids is 1. The van der Waals surface area contributed by atoms with Gasteiger partial charge in [-0.05, 0) is 19.4 Å². The number of aryl methyl sites for hydroxylation is 2. The normalized spacial score (nSPS) is 12.2. The first kappa shape index (κ1) is 14.2. The number of nitrogens with zero attached hydrogens (tertiary/aromatic N) is 2. The molecule has 0 bridgehead atoms. The molecule has 1 heterocycles. The van der Waals surface area contributed by atoms with Gasteiger partial charge in [0.2, 0.25) is 0 Å². The highest BCUT2D eigenvalue weighted by molar-refractivity contribution is 5.93. The summed E-state index contributed by atoms with van der Waals surface area (Å²) in [6.07, 6.45) is -0.886. The van der Waals surface area contributed by atoms with Crippen molar-refractivity contribution in [3.8, 4) is 0 Å². The van der Waals surface area contributed by atoms with Gasteiger partial charge in [-0.2, -0.15) is 5.10 Å². The van der Waals surface area contributed by atoms with Gasteiger partial charge in [0.15, 0.2) is 6.10 Å². The van der Waals surface area contributed by atoms with E-state index in [9.17, 15) is 9.59 Å². The standard InChI is InChI=1S/C11H17N3O4/c1-3-7-5-8(14(4-2)13-7)10(16)12-6-9(15)11(17)18/h5,9,15H,3-4,6H2,1-2H3,(H,12,16)(H,17,18)/t9-/m0/s1. The molecule has 1 aromatic rings. The third-order valence-corrected chi connectivity index (χ3v) is 2.47. The van der Waals surface area contributed by atoms with Crippen LogP contribution >= 0.6 is 0 Å². The van der Waals surface area contributed by atoms with Gasteiger partial charge < -0.3 is 15.5 Å². The fourth-order valence-electron chi connectivity index (χ4n) is 1.43. The molecule has 0 saturated heterocycles. The first-order chi connectivity index (χ1) is 8.49. The Balaban J connectivity index is 2.71. The first-order valence-electron chi connectivity index (χ1n) is 5.75. The molecule has 7 nitrogen and oxygen atoms in total. The number of carboxylic acids is 1. The number of hydrogen-bond acceptors (Lipinski definition) is 4. The molecule has 0 saturated carbocycles. The fraction of sp³-hybridized carbons (Fsp3) is 0.545. The predicted octanol–water partition coefficient (Wildman–Crippen LogP) is -0.359. The van der Waals surface area contributed by atoms with E-state index in [1.807, 2.05) is 13.8 Å². The summed E-state index contributed by atoms with van der Waals surface area (Å²) in [6.45, 7) is 4.00. The van der Waals surface area contributed by atoms with Crippen molar-refractivity contribution in [2.24, 2.45) is 0 Å². The Labute approximate surface area is 104 Å². The van der Waals surface area contributed by atoms with Gasteiger partial charge in [-0.15, -0.1) is 0 Å². The molecule has 0 aliphatic rings. The Kier molecular flexibility index (Phi) is 4.85. The van der Waals surface area contributed by atoms with Crippen molar-refractivity contribution in [1.29, 1.82) is 0 Å². The maximum Gasteiger partial charge on any atom is 0.334 e. The molecule has 1 rings (SSSR count). The number of aromatic nitrogens is 2. The number of aliphatic hydroxyl groups excluding tert-OH is 1. The third kappa shape index (κ3) is 3.30. The zero-order chi connectivity index (χ0) is 13.7. The van der Waals surface area contributed by atoms with Crippen molar-refractivity contribution < 1.29 is 19.8 Å². The Morgan fingerprint density at radius 1 is 1.50 bits per heavy atom. The number of aliphatic carboxylic acids is 1. The summed E-state index contributed by atoms with van der Waals surface area (Å²) < 4.78 is 1.54. The summed E-state index contributed by atoms with van der Waals surface area (Å²) in [5.41, 5.74) is 1.16. The van der Waals surface area contributed by atoms with Crippen LogP contribution in [-0.2, 0) is 17.8 Å². The number of nitrogens with one attached hydrogen (secondary N) is 1. The van der Waals surface area contributed by atoms with Gasteiger partial charge >= 0.3 is 5.97 Å². The summed E-state index contributed by atoms with van der Waals surface area (Å²) in [5, 5.41) is 24.1. The van der Waals surface area contributed by atoms with Crippen LogP contribution in [0.3, 0.4) is 0 Å². The Hall–Kier alpha value is -1.89. The maximum atomic E-state index is 11.8. The molecule has 3 N–H and O–H groups in total. The van der Waals surface area contributed by atoms with E-state index in [4.69, 9.17) is 10.2 Å². The highest BCUT2D eigenvalue weighted by atomic mass is 16.4. The highest BCUT2D eigenvalue weighted by Gasteiger charge is 2.17. The monoisotopic (exact) mass is 255 g/mol. The van der Waals surface area contributed by atoms with Gasteiger partial charge in [-0.1, -0.05) is 6.92 Å². The lowest BCUT2D eigenvalue weighted by molar-refractivity contribution is -0.146. The van der Waals surface area contributed by atoms with E-state index in [-0.39, 0.29) is 6.54 Å². The van der Waals surface area contributed by atoms with Crippen molar-refractivity contribution in [3.05, 3.63) is 17.5 Å². The minimum Gasteiger partial charge on any atom is -0.479 e. The smallest absolute Gasteiger partial charge is 0.334 e. The van der Waals surface area contributed by atoms with Crippen LogP contribution in [0.5, 0.6) is 0 Å². The molecule has 1 aromatic heterocycles. The van der Waals surface area contributed by atoms with Crippen molar-refractivity contribution in [3.63, 3.8) is 0 Å². The van der Waals surface area contributed by atoms with Crippen LogP contribution in [0, 0.1) is 0 Å². The number of aliphatic hydroxyl groups is 1. The molecule has 7 heteroatoms. The van der Waals surface area contributed by atoms with Crippen LogP contribution < -0.4 is 5.32 Å². The molecule has 0 spiro atoms. The molecular formula is C11H17N3O4. The zero-order valence-electron chi connectivity index (χ0n) is 10.4. The van der Waals surface area contributed by atoms with E-state index in [1.54, 1.807) is 10.7 Å². The number of carboxylic acid groups (broad SMARTS) is 1. The second kappa shape index (κ2) is 6.15. The number of amides is 1. The van der Waals surface area contributed by atoms with Crippen molar-refractivity contribution in [1.82, 2.24) is 15.1 Å².